The van der Waals surface area contributed by atoms with E-state index in [2.05, 4.69) is 9.97 Å². The average molecular weight is 481 g/mol. The maximum absolute atomic E-state index is 13.2. The predicted molar refractivity (Wildman–Crippen MR) is 126 cm³/mol. The van der Waals surface area contributed by atoms with E-state index in [-0.39, 0.29) is 23.2 Å². The van der Waals surface area contributed by atoms with Crippen molar-refractivity contribution in [2.24, 2.45) is 0 Å². The molecule has 34 heavy (non-hydrogen) atoms. The lowest BCUT2D eigenvalue weighted by Crippen LogP contribution is -2.32. The number of ketones is 1. The van der Waals surface area contributed by atoms with Crippen LogP contribution in [0.4, 0.5) is 5.69 Å². The first-order chi connectivity index (χ1) is 16.1. The van der Waals surface area contributed by atoms with Gasteiger partial charge in [0.25, 0.3) is 5.91 Å². The Hall–Kier alpha value is -3.92. The molecule has 0 aliphatic heterocycles. The van der Waals surface area contributed by atoms with Crippen molar-refractivity contribution >= 4 is 33.1 Å². The van der Waals surface area contributed by atoms with Crippen molar-refractivity contribution in [1.29, 1.82) is 0 Å². The monoisotopic (exact) mass is 480 g/mol. The zero-order chi connectivity index (χ0) is 24.9. The van der Waals surface area contributed by atoms with Gasteiger partial charge in [-0.25, -0.2) is 18.4 Å². The zero-order valence-electron chi connectivity index (χ0n) is 19.0. The topological polar surface area (TPSA) is 118 Å². The quantitative estimate of drug-likeness (QED) is 0.359. The van der Waals surface area contributed by atoms with Crippen LogP contribution in [0.2, 0.25) is 0 Å². The number of hydrogen-bond donors (Lipinski definition) is 0. The Morgan fingerprint density at radius 3 is 2.15 bits per heavy atom. The van der Waals surface area contributed by atoms with E-state index in [0.717, 1.165) is 6.26 Å². The number of rotatable bonds is 8. The molecule has 2 aromatic carbocycles. The number of carbonyl (C=O) groups is 3. The summed E-state index contributed by atoms with van der Waals surface area (Å²) in [7, 11) is -0.118. The molecule has 0 aliphatic carbocycles. The van der Waals surface area contributed by atoms with Gasteiger partial charge >= 0.3 is 0 Å². The van der Waals surface area contributed by atoms with E-state index < -0.39 is 27.9 Å². The molecule has 2 amide bonds. The van der Waals surface area contributed by atoms with Gasteiger partial charge in [-0.2, -0.15) is 0 Å². The summed E-state index contributed by atoms with van der Waals surface area (Å²) in [5.74, 6) is -1.35. The SMILES string of the molecule is CN(C)C(=O)c1cccc(N(Cc2ccc(S(C)(=O)=O)cc2)C(=O)CC(=O)c2ncccn2)c1. The molecule has 3 aromatic rings. The first-order valence-corrected chi connectivity index (χ1v) is 12.2. The highest BCUT2D eigenvalue weighted by atomic mass is 32.2. The van der Waals surface area contributed by atoms with Crippen LogP contribution in [0.15, 0.2) is 71.9 Å². The van der Waals surface area contributed by atoms with Crippen molar-refractivity contribution in [3.05, 3.63) is 83.9 Å². The van der Waals surface area contributed by atoms with E-state index in [0.29, 0.717) is 16.8 Å². The first-order valence-electron chi connectivity index (χ1n) is 10.3. The van der Waals surface area contributed by atoms with Gasteiger partial charge in [-0.3, -0.25) is 14.4 Å². The van der Waals surface area contributed by atoms with Crippen molar-refractivity contribution < 1.29 is 22.8 Å². The summed E-state index contributed by atoms with van der Waals surface area (Å²) < 4.78 is 23.5. The van der Waals surface area contributed by atoms with Gasteiger partial charge in [0.2, 0.25) is 11.7 Å². The largest absolute Gasteiger partial charge is 0.345 e. The van der Waals surface area contributed by atoms with E-state index in [9.17, 15) is 22.8 Å². The van der Waals surface area contributed by atoms with Crippen LogP contribution in [0.1, 0.15) is 33.0 Å². The highest BCUT2D eigenvalue weighted by Gasteiger charge is 2.23. The molecule has 0 radical (unpaired) electrons. The van der Waals surface area contributed by atoms with Crippen molar-refractivity contribution in [2.75, 3.05) is 25.3 Å². The molecule has 0 fully saturated rings. The molecular weight excluding hydrogens is 456 g/mol. The van der Waals surface area contributed by atoms with E-state index >= 15 is 0 Å². The molecule has 0 saturated heterocycles. The van der Waals surface area contributed by atoms with Crippen molar-refractivity contribution in [2.45, 2.75) is 17.9 Å². The van der Waals surface area contributed by atoms with Crippen LogP contribution in [-0.4, -0.2) is 61.2 Å². The van der Waals surface area contributed by atoms with Crippen molar-refractivity contribution in [3.63, 3.8) is 0 Å². The molecule has 0 aliphatic rings. The molecule has 0 N–H and O–H groups in total. The van der Waals surface area contributed by atoms with Gasteiger partial charge in [0.05, 0.1) is 17.9 Å². The second kappa shape index (κ2) is 10.3. The lowest BCUT2D eigenvalue weighted by Gasteiger charge is -2.24. The molecule has 9 nitrogen and oxygen atoms in total. The molecule has 0 spiro atoms. The number of amides is 2. The fraction of sp³-hybridized carbons (Fsp3) is 0.208. The second-order valence-electron chi connectivity index (χ2n) is 7.82. The number of anilines is 1. The highest BCUT2D eigenvalue weighted by molar-refractivity contribution is 7.90. The smallest absolute Gasteiger partial charge is 0.253 e. The molecule has 1 heterocycles. The van der Waals surface area contributed by atoms with Crippen LogP contribution < -0.4 is 4.90 Å². The van der Waals surface area contributed by atoms with E-state index in [4.69, 9.17) is 0 Å². The van der Waals surface area contributed by atoms with Gasteiger partial charge in [-0.05, 0) is 42.0 Å². The number of carbonyl (C=O) groups excluding carboxylic acids is 3. The Kier molecular flexibility index (Phi) is 7.52. The number of hydrogen-bond acceptors (Lipinski definition) is 7. The van der Waals surface area contributed by atoms with Gasteiger partial charge in [0.15, 0.2) is 15.7 Å². The van der Waals surface area contributed by atoms with Crippen molar-refractivity contribution in [1.82, 2.24) is 14.9 Å². The van der Waals surface area contributed by atoms with Gasteiger partial charge < -0.3 is 9.80 Å². The summed E-state index contributed by atoms with van der Waals surface area (Å²) in [4.78, 5) is 49.0. The van der Waals surface area contributed by atoms with Crippen LogP contribution in [0.5, 0.6) is 0 Å². The first kappa shape index (κ1) is 24.7. The predicted octanol–water partition coefficient (Wildman–Crippen LogP) is 2.39. The fourth-order valence-corrected chi connectivity index (χ4v) is 3.80. The summed E-state index contributed by atoms with van der Waals surface area (Å²) in [6.07, 6.45) is 3.48. The number of sulfone groups is 1. The Balaban J connectivity index is 1.94. The summed E-state index contributed by atoms with van der Waals surface area (Å²) in [6.45, 7) is 0.0609. The van der Waals surface area contributed by atoms with Gasteiger partial charge in [0.1, 0.15) is 0 Å². The summed E-state index contributed by atoms with van der Waals surface area (Å²) in [5.41, 5.74) is 1.45. The lowest BCUT2D eigenvalue weighted by molar-refractivity contribution is -0.117. The summed E-state index contributed by atoms with van der Waals surface area (Å²) >= 11 is 0. The Labute approximate surface area is 198 Å². The van der Waals surface area contributed by atoms with Crippen LogP contribution in [-0.2, 0) is 21.2 Å². The lowest BCUT2D eigenvalue weighted by atomic mass is 10.1. The molecule has 176 valence electrons. The molecule has 1 aromatic heterocycles. The molecule has 0 unspecified atom stereocenters. The molecule has 0 saturated carbocycles. The van der Waals surface area contributed by atoms with Gasteiger partial charge in [0, 0.05) is 44.0 Å². The van der Waals surface area contributed by atoms with Crippen LogP contribution in [0, 0.1) is 0 Å². The van der Waals surface area contributed by atoms with Crippen LogP contribution >= 0.6 is 0 Å². The number of aromatic nitrogens is 2. The van der Waals surface area contributed by atoms with Gasteiger partial charge in [-0.15, -0.1) is 0 Å². The Morgan fingerprint density at radius 1 is 0.912 bits per heavy atom. The number of nitrogens with zero attached hydrogens (tertiary/aromatic N) is 4. The number of benzene rings is 2. The Bertz CT molecular complexity index is 1310. The third-order valence-corrected chi connectivity index (χ3v) is 6.06. The van der Waals surface area contributed by atoms with Crippen LogP contribution in [0.3, 0.4) is 0 Å². The molecule has 0 atom stereocenters. The maximum Gasteiger partial charge on any atom is 0.253 e. The average Bonchev–Trinajstić information content (AvgIpc) is 2.82. The highest BCUT2D eigenvalue weighted by Crippen LogP contribution is 2.22. The van der Waals surface area contributed by atoms with E-state index in [1.807, 2.05) is 0 Å². The molecule has 3 rings (SSSR count). The minimum absolute atomic E-state index is 0.0609. The van der Waals surface area contributed by atoms with Gasteiger partial charge in [-0.1, -0.05) is 18.2 Å². The zero-order valence-corrected chi connectivity index (χ0v) is 19.8. The fourth-order valence-electron chi connectivity index (χ4n) is 3.17. The second-order valence-corrected chi connectivity index (χ2v) is 9.83. The molecular formula is C24H24N4O5S. The Morgan fingerprint density at radius 2 is 1.56 bits per heavy atom. The minimum atomic E-state index is -3.37. The summed E-state index contributed by atoms with van der Waals surface area (Å²) in [5, 5.41) is 0. The molecule has 10 heteroatoms. The third-order valence-electron chi connectivity index (χ3n) is 4.93. The standard InChI is InChI=1S/C24H24N4O5S/c1-27(2)24(31)18-6-4-7-19(14-18)28(16-17-8-10-20(11-9-17)34(3,32)33)22(30)15-21(29)23-25-12-5-13-26-23/h4-14H,15-16H2,1-3H3. The number of Topliss-reactive ketones (excluding diaryl/α,β-unsaturated/α-hetero) is 1. The van der Waals surface area contributed by atoms with E-state index in [1.165, 1.54) is 34.3 Å². The van der Waals surface area contributed by atoms with E-state index in [1.54, 1.807) is 56.6 Å². The summed E-state index contributed by atoms with van der Waals surface area (Å²) in [6, 6.07) is 14.2. The minimum Gasteiger partial charge on any atom is -0.345 e. The third kappa shape index (κ3) is 6.10. The van der Waals surface area contributed by atoms with Crippen molar-refractivity contribution in [3.8, 4) is 0 Å². The molecule has 0 bridgehead atoms. The van der Waals surface area contributed by atoms with Crippen LogP contribution in [0.25, 0.3) is 0 Å². The maximum atomic E-state index is 13.2. The normalized spacial score (nSPS) is 11.0.